The van der Waals surface area contributed by atoms with Crippen molar-refractivity contribution in [3.63, 3.8) is 0 Å². The van der Waals surface area contributed by atoms with Crippen LogP contribution in [0.2, 0.25) is 0 Å². The molecule has 0 aliphatic carbocycles. The van der Waals surface area contributed by atoms with Crippen LogP contribution in [0.15, 0.2) is 12.4 Å². The summed E-state index contributed by atoms with van der Waals surface area (Å²) in [4.78, 5) is 22.1. The number of aromatic nitrogens is 2. The van der Waals surface area contributed by atoms with Crippen molar-refractivity contribution in [1.82, 2.24) is 15.1 Å². The molecule has 0 bridgehead atoms. The molecular weight excluding hydrogens is 252 g/mol. The van der Waals surface area contributed by atoms with Crippen LogP contribution < -0.4 is 5.32 Å². The average molecular weight is 270 g/mol. The number of rotatable bonds is 6. The van der Waals surface area contributed by atoms with Crippen LogP contribution in [0, 0.1) is 10.1 Å². The van der Waals surface area contributed by atoms with Gasteiger partial charge in [-0.1, -0.05) is 0 Å². The molecule has 1 unspecified atom stereocenters. The molecule has 0 aliphatic rings. The van der Waals surface area contributed by atoms with Crippen LogP contribution in [0.25, 0.3) is 0 Å². The molecule has 2 N–H and O–H groups in total. The minimum atomic E-state index is -1.04. The first-order valence-corrected chi connectivity index (χ1v) is 5.90. The third kappa shape index (κ3) is 3.50. The Bertz CT molecular complexity index is 469. The molecule has 1 rings (SSSR count). The van der Waals surface area contributed by atoms with Crippen molar-refractivity contribution in [2.45, 2.75) is 38.8 Å². The quantitative estimate of drug-likeness (QED) is 0.574. The van der Waals surface area contributed by atoms with E-state index < -0.39 is 10.5 Å². The van der Waals surface area contributed by atoms with Gasteiger partial charge in [-0.2, -0.15) is 5.10 Å². The fourth-order valence-electron chi connectivity index (χ4n) is 1.48. The van der Waals surface area contributed by atoms with E-state index in [0.717, 1.165) is 6.20 Å². The van der Waals surface area contributed by atoms with Gasteiger partial charge in [0.05, 0.1) is 4.92 Å². The first-order chi connectivity index (χ1) is 8.78. The van der Waals surface area contributed by atoms with Gasteiger partial charge in [-0.3, -0.25) is 19.6 Å². The SMILES string of the molecule is CC(CCO)NC(=O)C(C)(C)n1cc([N+](=O)[O-])cn1. The second kappa shape index (κ2) is 5.79. The number of carbonyl (C=O) groups excluding carboxylic acids is 1. The summed E-state index contributed by atoms with van der Waals surface area (Å²) in [5.74, 6) is -0.313. The predicted molar refractivity (Wildman–Crippen MR) is 67.5 cm³/mol. The number of aliphatic hydroxyl groups is 1. The summed E-state index contributed by atoms with van der Waals surface area (Å²) in [6.45, 7) is 4.99. The minimum absolute atomic E-state index is 0.0187. The zero-order valence-corrected chi connectivity index (χ0v) is 11.2. The van der Waals surface area contributed by atoms with Crippen LogP contribution in [-0.4, -0.2) is 38.4 Å². The summed E-state index contributed by atoms with van der Waals surface area (Å²) in [6, 6.07) is -0.178. The van der Waals surface area contributed by atoms with Crippen LogP contribution >= 0.6 is 0 Å². The highest BCUT2D eigenvalue weighted by atomic mass is 16.6. The average Bonchev–Trinajstić information content (AvgIpc) is 2.78. The van der Waals surface area contributed by atoms with E-state index in [1.165, 1.54) is 10.9 Å². The maximum Gasteiger partial charge on any atom is 0.307 e. The molecule has 0 aliphatic heterocycles. The van der Waals surface area contributed by atoms with E-state index in [-0.39, 0.29) is 24.2 Å². The first kappa shape index (κ1) is 15.1. The molecule has 0 saturated carbocycles. The van der Waals surface area contributed by atoms with Gasteiger partial charge in [0.2, 0.25) is 5.91 Å². The van der Waals surface area contributed by atoms with Crippen molar-refractivity contribution in [1.29, 1.82) is 0 Å². The second-order valence-corrected chi connectivity index (χ2v) is 4.85. The summed E-state index contributed by atoms with van der Waals surface area (Å²) in [5, 5.41) is 26.0. The van der Waals surface area contributed by atoms with Crippen LogP contribution in [0.3, 0.4) is 0 Å². The lowest BCUT2D eigenvalue weighted by atomic mass is 10.0. The van der Waals surface area contributed by atoms with Gasteiger partial charge in [0.15, 0.2) is 0 Å². The number of nitro groups is 1. The first-order valence-electron chi connectivity index (χ1n) is 5.90. The highest BCUT2D eigenvalue weighted by Crippen LogP contribution is 2.18. The van der Waals surface area contributed by atoms with E-state index in [0.29, 0.717) is 6.42 Å². The predicted octanol–water partition coefficient (Wildman–Crippen LogP) is 0.413. The monoisotopic (exact) mass is 270 g/mol. The van der Waals surface area contributed by atoms with Crippen molar-refractivity contribution in [2.24, 2.45) is 0 Å². The standard InChI is InChI=1S/C11H18N4O4/c1-8(4-5-16)13-10(17)11(2,3)14-7-9(6-12-14)15(18)19/h6-8,16H,4-5H2,1-3H3,(H,13,17). The number of hydrogen-bond acceptors (Lipinski definition) is 5. The van der Waals surface area contributed by atoms with Crippen LogP contribution in [0.4, 0.5) is 5.69 Å². The van der Waals surface area contributed by atoms with Crippen LogP contribution in [0.1, 0.15) is 27.2 Å². The molecule has 19 heavy (non-hydrogen) atoms. The highest BCUT2D eigenvalue weighted by molar-refractivity contribution is 5.83. The fourth-order valence-corrected chi connectivity index (χ4v) is 1.48. The molecule has 106 valence electrons. The van der Waals surface area contributed by atoms with Gasteiger partial charge in [0, 0.05) is 12.6 Å². The molecule has 0 radical (unpaired) electrons. The van der Waals surface area contributed by atoms with E-state index in [4.69, 9.17) is 5.11 Å². The molecule has 0 aromatic carbocycles. The molecule has 1 aromatic rings. The third-order valence-corrected chi connectivity index (χ3v) is 2.85. The fraction of sp³-hybridized carbons (Fsp3) is 0.636. The smallest absolute Gasteiger partial charge is 0.307 e. The lowest BCUT2D eigenvalue weighted by Gasteiger charge is -2.26. The van der Waals surface area contributed by atoms with Gasteiger partial charge >= 0.3 is 5.69 Å². The Morgan fingerprint density at radius 2 is 2.32 bits per heavy atom. The molecule has 0 spiro atoms. The van der Waals surface area contributed by atoms with E-state index in [1.807, 2.05) is 0 Å². The molecule has 8 heteroatoms. The summed E-state index contributed by atoms with van der Waals surface area (Å²) in [7, 11) is 0. The number of nitrogens with zero attached hydrogens (tertiary/aromatic N) is 3. The second-order valence-electron chi connectivity index (χ2n) is 4.85. The van der Waals surface area contributed by atoms with Crippen LogP contribution in [0.5, 0.6) is 0 Å². The van der Waals surface area contributed by atoms with Gasteiger partial charge in [-0.05, 0) is 27.2 Å². The van der Waals surface area contributed by atoms with Gasteiger partial charge in [-0.15, -0.1) is 0 Å². The van der Waals surface area contributed by atoms with Crippen molar-refractivity contribution in [2.75, 3.05) is 6.61 Å². The van der Waals surface area contributed by atoms with Crippen molar-refractivity contribution < 1.29 is 14.8 Å². The molecule has 0 fully saturated rings. The van der Waals surface area contributed by atoms with Crippen molar-refractivity contribution >= 4 is 11.6 Å². The molecule has 8 nitrogen and oxygen atoms in total. The Balaban J connectivity index is 2.83. The maximum atomic E-state index is 12.1. The summed E-state index contributed by atoms with van der Waals surface area (Å²) < 4.78 is 1.26. The van der Waals surface area contributed by atoms with E-state index in [2.05, 4.69) is 10.4 Å². The maximum absolute atomic E-state index is 12.1. The Hall–Kier alpha value is -1.96. The van der Waals surface area contributed by atoms with Crippen molar-refractivity contribution in [3.05, 3.63) is 22.5 Å². The van der Waals surface area contributed by atoms with E-state index in [1.54, 1.807) is 20.8 Å². The van der Waals surface area contributed by atoms with Gasteiger partial charge in [-0.25, -0.2) is 0 Å². The summed E-state index contributed by atoms with van der Waals surface area (Å²) in [5.41, 5.74) is -1.21. The largest absolute Gasteiger partial charge is 0.396 e. The molecule has 1 aromatic heterocycles. The van der Waals surface area contributed by atoms with Crippen LogP contribution in [-0.2, 0) is 10.3 Å². The van der Waals surface area contributed by atoms with E-state index in [9.17, 15) is 14.9 Å². The summed E-state index contributed by atoms with van der Waals surface area (Å²) >= 11 is 0. The molecule has 1 amide bonds. The van der Waals surface area contributed by atoms with Gasteiger partial charge < -0.3 is 10.4 Å². The number of nitrogens with one attached hydrogen (secondary N) is 1. The zero-order valence-electron chi connectivity index (χ0n) is 11.2. The normalized spacial score (nSPS) is 13.1. The number of hydrogen-bond donors (Lipinski definition) is 2. The summed E-state index contributed by atoms with van der Waals surface area (Å²) in [6.07, 6.45) is 2.77. The van der Waals surface area contributed by atoms with Gasteiger partial charge in [0.25, 0.3) is 0 Å². The number of amides is 1. The third-order valence-electron chi connectivity index (χ3n) is 2.85. The number of carbonyl (C=O) groups is 1. The Morgan fingerprint density at radius 1 is 1.68 bits per heavy atom. The lowest BCUT2D eigenvalue weighted by molar-refractivity contribution is -0.385. The topological polar surface area (TPSA) is 110 Å². The number of aliphatic hydroxyl groups excluding tert-OH is 1. The Labute approximate surface area is 110 Å². The molecular formula is C11H18N4O4. The zero-order chi connectivity index (χ0) is 14.6. The molecule has 0 saturated heterocycles. The van der Waals surface area contributed by atoms with Gasteiger partial charge in [0.1, 0.15) is 17.9 Å². The van der Waals surface area contributed by atoms with E-state index >= 15 is 0 Å². The Morgan fingerprint density at radius 3 is 2.79 bits per heavy atom. The molecule has 1 heterocycles. The highest BCUT2D eigenvalue weighted by Gasteiger charge is 2.32. The van der Waals surface area contributed by atoms with Crippen molar-refractivity contribution in [3.8, 4) is 0 Å². The molecule has 1 atom stereocenters. The lowest BCUT2D eigenvalue weighted by Crippen LogP contribution is -2.48. The minimum Gasteiger partial charge on any atom is -0.396 e. The Kier molecular flexibility index (Phi) is 4.60.